The minimum absolute atomic E-state index is 0.597. The van der Waals surface area contributed by atoms with Crippen molar-refractivity contribution in [3.8, 4) is 0 Å². The van der Waals surface area contributed by atoms with Gasteiger partial charge < -0.3 is 14.9 Å². The molecule has 0 saturated heterocycles. The molecule has 70 valence electrons. The molecule has 0 amide bonds. The van der Waals surface area contributed by atoms with Gasteiger partial charge >= 0.3 is 11.9 Å². The van der Waals surface area contributed by atoms with E-state index in [1.165, 1.54) is 14.0 Å². The molecule has 0 aromatic carbocycles. The first-order valence-corrected chi connectivity index (χ1v) is 3.07. The molecular formula is C7H12O5. The largest absolute Gasteiger partial charge is 0.478 e. The average Bonchev–Trinajstić information content (AvgIpc) is 2.04. The molecule has 0 radical (unpaired) electrons. The number of carboxylic acids is 1. The Labute approximate surface area is 70.3 Å². The molecule has 0 aliphatic rings. The smallest absolute Gasteiger partial charge is 0.334 e. The summed E-state index contributed by atoms with van der Waals surface area (Å²) < 4.78 is 4.12. The molecule has 1 atom stereocenters. The summed E-state index contributed by atoms with van der Waals surface area (Å²) in [6, 6.07) is 0. The van der Waals surface area contributed by atoms with E-state index in [1.807, 2.05) is 0 Å². The van der Waals surface area contributed by atoms with Crippen LogP contribution in [0.1, 0.15) is 6.92 Å². The predicted molar refractivity (Wildman–Crippen MR) is 41.5 cm³/mol. The molecule has 12 heavy (non-hydrogen) atoms. The van der Waals surface area contributed by atoms with Crippen LogP contribution in [0, 0.1) is 0 Å². The van der Waals surface area contributed by atoms with Crippen LogP contribution in [0.4, 0.5) is 0 Å². The van der Waals surface area contributed by atoms with Crippen molar-refractivity contribution in [3.05, 3.63) is 12.7 Å². The zero-order chi connectivity index (χ0) is 10.1. The lowest BCUT2D eigenvalue weighted by Gasteiger charge is -1.97. The Hall–Kier alpha value is -1.36. The summed E-state index contributed by atoms with van der Waals surface area (Å²) in [5, 5.41) is 16.0. The third-order valence-corrected chi connectivity index (χ3v) is 0.717. The maximum atomic E-state index is 10.0. The van der Waals surface area contributed by atoms with Crippen molar-refractivity contribution >= 4 is 11.9 Å². The summed E-state index contributed by atoms with van der Waals surface area (Å²) >= 11 is 0. The number of aliphatic hydroxyl groups excluding tert-OH is 1. The second-order valence-electron chi connectivity index (χ2n) is 1.74. The highest BCUT2D eigenvalue weighted by molar-refractivity contribution is 5.78. The number of carbonyl (C=O) groups is 2. The number of ether oxygens (including phenoxy) is 1. The summed E-state index contributed by atoms with van der Waals surface area (Å²) in [5.74, 6) is -1.58. The molecule has 0 bridgehead atoms. The number of aliphatic hydroxyl groups is 1. The number of carbonyl (C=O) groups excluding carboxylic acids is 1. The predicted octanol–water partition coefficient (Wildman–Crippen LogP) is -0.203. The SMILES string of the molecule is C=CC(=O)O.COC(=O)C(C)O. The van der Waals surface area contributed by atoms with Crippen LogP contribution in [0.3, 0.4) is 0 Å². The van der Waals surface area contributed by atoms with Crippen molar-refractivity contribution < 1.29 is 24.5 Å². The van der Waals surface area contributed by atoms with Crippen LogP contribution in [0.5, 0.6) is 0 Å². The quantitative estimate of drug-likeness (QED) is 0.449. The van der Waals surface area contributed by atoms with Gasteiger partial charge in [0.1, 0.15) is 6.10 Å². The van der Waals surface area contributed by atoms with E-state index in [-0.39, 0.29) is 0 Å². The fraction of sp³-hybridized carbons (Fsp3) is 0.429. The van der Waals surface area contributed by atoms with Crippen LogP contribution in [0.25, 0.3) is 0 Å². The van der Waals surface area contributed by atoms with Crippen molar-refractivity contribution in [3.63, 3.8) is 0 Å². The van der Waals surface area contributed by atoms with Gasteiger partial charge in [0.15, 0.2) is 0 Å². The van der Waals surface area contributed by atoms with Gasteiger partial charge in [-0.25, -0.2) is 9.59 Å². The highest BCUT2D eigenvalue weighted by Crippen LogP contribution is 1.80. The minimum atomic E-state index is -0.995. The number of esters is 1. The summed E-state index contributed by atoms with van der Waals surface area (Å²) in [6.45, 7) is 4.31. The third-order valence-electron chi connectivity index (χ3n) is 0.717. The van der Waals surface area contributed by atoms with Gasteiger partial charge in [-0.3, -0.25) is 0 Å². The number of carboxylic acid groups (broad SMARTS) is 1. The maximum Gasteiger partial charge on any atom is 0.334 e. The molecule has 2 N–H and O–H groups in total. The average molecular weight is 176 g/mol. The molecule has 0 fully saturated rings. The van der Waals surface area contributed by atoms with E-state index in [0.717, 1.165) is 6.08 Å². The molecule has 0 aromatic rings. The fourth-order valence-electron chi connectivity index (χ4n) is 0.171. The van der Waals surface area contributed by atoms with Crippen molar-refractivity contribution in [1.82, 2.24) is 0 Å². The Balaban J connectivity index is 0. The number of hydrogen-bond acceptors (Lipinski definition) is 4. The van der Waals surface area contributed by atoms with E-state index in [4.69, 9.17) is 10.2 Å². The van der Waals surface area contributed by atoms with Gasteiger partial charge in [0.25, 0.3) is 0 Å². The van der Waals surface area contributed by atoms with Gasteiger partial charge in [0.2, 0.25) is 0 Å². The van der Waals surface area contributed by atoms with E-state index >= 15 is 0 Å². The van der Waals surface area contributed by atoms with Crippen molar-refractivity contribution in [1.29, 1.82) is 0 Å². The van der Waals surface area contributed by atoms with Gasteiger partial charge in [0.05, 0.1) is 7.11 Å². The monoisotopic (exact) mass is 176 g/mol. The number of methoxy groups -OCH3 is 1. The lowest BCUT2D eigenvalue weighted by atomic mass is 10.4. The molecule has 0 aromatic heterocycles. The summed E-state index contributed by atoms with van der Waals surface area (Å²) in [6.07, 6.45) is -0.162. The fourth-order valence-corrected chi connectivity index (χ4v) is 0.171. The van der Waals surface area contributed by atoms with Crippen LogP contribution in [0.2, 0.25) is 0 Å². The van der Waals surface area contributed by atoms with E-state index in [1.54, 1.807) is 0 Å². The van der Waals surface area contributed by atoms with E-state index in [0.29, 0.717) is 0 Å². The van der Waals surface area contributed by atoms with Crippen molar-refractivity contribution in [2.75, 3.05) is 7.11 Å². The van der Waals surface area contributed by atoms with Crippen LogP contribution in [-0.4, -0.2) is 35.4 Å². The Morgan fingerprint density at radius 1 is 1.58 bits per heavy atom. The molecular weight excluding hydrogens is 164 g/mol. The lowest BCUT2D eigenvalue weighted by Crippen LogP contribution is -2.16. The number of hydrogen-bond donors (Lipinski definition) is 2. The van der Waals surface area contributed by atoms with Crippen molar-refractivity contribution in [2.45, 2.75) is 13.0 Å². The third kappa shape index (κ3) is 11.4. The Morgan fingerprint density at radius 3 is 1.92 bits per heavy atom. The standard InChI is InChI=1S/C4H8O3.C3H4O2/c1-3(5)4(6)7-2;1-2-3(4)5/h3,5H,1-2H3;2H,1H2,(H,4,5). The first-order valence-electron chi connectivity index (χ1n) is 3.07. The molecule has 0 aliphatic heterocycles. The van der Waals surface area contributed by atoms with Crippen molar-refractivity contribution in [2.24, 2.45) is 0 Å². The van der Waals surface area contributed by atoms with Crippen LogP contribution in [0.15, 0.2) is 12.7 Å². The zero-order valence-electron chi connectivity index (χ0n) is 6.98. The van der Waals surface area contributed by atoms with E-state index in [2.05, 4.69) is 11.3 Å². The molecule has 0 spiro atoms. The highest BCUT2D eigenvalue weighted by atomic mass is 16.5. The Bertz CT molecular complexity index is 161. The maximum absolute atomic E-state index is 10.0. The summed E-state index contributed by atoms with van der Waals surface area (Å²) in [4.78, 5) is 19.3. The van der Waals surface area contributed by atoms with E-state index < -0.39 is 18.0 Å². The second kappa shape index (κ2) is 7.74. The van der Waals surface area contributed by atoms with Gasteiger partial charge in [-0.1, -0.05) is 6.58 Å². The molecule has 0 aliphatic carbocycles. The van der Waals surface area contributed by atoms with Gasteiger partial charge in [-0.2, -0.15) is 0 Å². The molecule has 0 heterocycles. The molecule has 5 nitrogen and oxygen atoms in total. The lowest BCUT2D eigenvalue weighted by molar-refractivity contribution is -0.149. The Kier molecular flexibility index (Phi) is 8.55. The van der Waals surface area contributed by atoms with Gasteiger partial charge in [0, 0.05) is 6.08 Å². The second-order valence-corrected chi connectivity index (χ2v) is 1.74. The van der Waals surface area contributed by atoms with Crippen LogP contribution >= 0.6 is 0 Å². The molecule has 0 rings (SSSR count). The minimum Gasteiger partial charge on any atom is -0.478 e. The number of aliphatic carboxylic acids is 1. The number of rotatable bonds is 2. The molecule has 1 unspecified atom stereocenters. The van der Waals surface area contributed by atoms with Gasteiger partial charge in [-0.15, -0.1) is 0 Å². The topological polar surface area (TPSA) is 83.8 Å². The van der Waals surface area contributed by atoms with E-state index in [9.17, 15) is 9.59 Å². The highest BCUT2D eigenvalue weighted by Gasteiger charge is 2.05. The summed E-state index contributed by atoms with van der Waals surface area (Å²) in [7, 11) is 1.23. The van der Waals surface area contributed by atoms with Crippen LogP contribution in [-0.2, 0) is 14.3 Å². The van der Waals surface area contributed by atoms with Gasteiger partial charge in [-0.05, 0) is 6.92 Å². The molecule has 5 heteroatoms. The van der Waals surface area contributed by atoms with Crippen LogP contribution < -0.4 is 0 Å². The first kappa shape index (κ1) is 13.2. The first-order chi connectivity index (χ1) is 5.45. The molecule has 0 saturated carbocycles. The Morgan fingerprint density at radius 2 is 1.92 bits per heavy atom. The summed E-state index contributed by atoms with van der Waals surface area (Å²) in [5.41, 5.74) is 0. The normalized spacial score (nSPS) is 10.2. The zero-order valence-corrected chi connectivity index (χ0v) is 6.98.